The van der Waals surface area contributed by atoms with Crippen LogP contribution in [-0.2, 0) is 48.6 Å². The van der Waals surface area contributed by atoms with Crippen LogP contribution in [0.2, 0.25) is 0 Å². The Bertz CT molecular complexity index is 8.00. The average Bonchev–Trinajstić information content (AvgIpc) is 0. The van der Waals surface area contributed by atoms with E-state index >= 15 is 0 Å². The summed E-state index contributed by atoms with van der Waals surface area (Å²) in [6.07, 6.45) is 0. The second-order valence-electron chi connectivity index (χ2n) is 0. The van der Waals surface area contributed by atoms with E-state index in [1.54, 1.807) is 0 Å². The summed E-state index contributed by atoms with van der Waals surface area (Å²) in [5, 5.41) is 0. The summed E-state index contributed by atoms with van der Waals surface area (Å²) in [7, 11) is 0. The molecule has 0 aromatic heterocycles. The van der Waals surface area contributed by atoms with Gasteiger partial charge in [0.05, 0.1) is 0 Å². The Kier molecular flexibility index (Phi) is 126. The molecule has 0 unspecified atom stereocenters. The summed E-state index contributed by atoms with van der Waals surface area (Å²) in [4.78, 5) is 0. The Morgan fingerprint density at radius 3 is 1.00 bits per heavy atom. The van der Waals surface area contributed by atoms with Gasteiger partial charge in [-0.25, -0.2) is 0 Å². The molecule has 0 N–H and O–H groups in total. The van der Waals surface area contributed by atoms with Crippen molar-refractivity contribution in [1.82, 2.24) is 0 Å². The summed E-state index contributed by atoms with van der Waals surface area (Å²) in [6.45, 7) is 0. The van der Waals surface area contributed by atoms with Crippen LogP contribution in [0, 0.1) is 0 Å². The number of rotatable bonds is 0. The summed E-state index contributed by atoms with van der Waals surface area (Å²) in [5.41, 5.74) is 0. The number of hydrogen-bond acceptors (Lipinski definition) is 0. The summed E-state index contributed by atoms with van der Waals surface area (Å²) in [6, 6.07) is 0. The van der Waals surface area contributed by atoms with Crippen molar-refractivity contribution in [3.63, 3.8) is 0 Å². The van der Waals surface area contributed by atoms with Crippen molar-refractivity contribution in [1.29, 1.82) is 0 Å². The first-order chi connectivity index (χ1) is 0. The van der Waals surface area contributed by atoms with Crippen LogP contribution < -0.4 is 0 Å². The van der Waals surface area contributed by atoms with Crippen LogP contribution in [0.3, 0.4) is 0 Å². The molecular formula is AlLiNbZr. The Hall–Kier alpha value is 2.75. The van der Waals surface area contributed by atoms with Crippen LogP contribution in [0.25, 0.3) is 0 Å². The van der Waals surface area contributed by atoms with E-state index in [0.717, 1.165) is 0 Å². The molecule has 4 heteroatoms. The Morgan fingerprint density at radius 1 is 1.00 bits per heavy atom. The van der Waals surface area contributed by atoms with E-state index in [0.29, 0.717) is 0 Å². The van der Waals surface area contributed by atoms with Crippen molar-refractivity contribution in [3.8, 4) is 0 Å². The van der Waals surface area contributed by atoms with Crippen molar-refractivity contribution in [2.45, 2.75) is 0 Å². The van der Waals surface area contributed by atoms with Gasteiger partial charge >= 0.3 is 0 Å². The molecule has 0 fully saturated rings. The van der Waals surface area contributed by atoms with E-state index < -0.39 is 0 Å². The van der Waals surface area contributed by atoms with Crippen LogP contribution >= 0.6 is 0 Å². The molecule has 0 bridgehead atoms. The van der Waals surface area contributed by atoms with Gasteiger partial charge in [0.2, 0.25) is 0 Å². The standard InChI is InChI=1S/Al.Li.Nb.Zr. The van der Waals surface area contributed by atoms with Crippen LogP contribution in [0.4, 0.5) is 0 Å². The quantitative estimate of drug-likeness (QED) is 0.468. The van der Waals surface area contributed by atoms with E-state index in [1.807, 2.05) is 0 Å². The first kappa shape index (κ1) is 29.5. The molecule has 0 saturated carbocycles. The molecule has 0 rings (SSSR count). The van der Waals surface area contributed by atoms with Gasteiger partial charge in [-0.2, -0.15) is 0 Å². The second kappa shape index (κ2) is 17.1. The zero-order valence-electron chi connectivity index (χ0n) is 2.52. The van der Waals surface area contributed by atoms with Crippen molar-refractivity contribution >= 4 is 36.2 Å². The Labute approximate surface area is 83.4 Å². The monoisotopic (exact) mass is 217 g/mol. The van der Waals surface area contributed by atoms with E-state index in [-0.39, 0.29) is 84.8 Å². The van der Waals surface area contributed by atoms with Gasteiger partial charge in [0.15, 0.2) is 0 Å². The fraction of sp³-hybridized carbons (Fsp3) is 0. The maximum Gasteiger partial charge on any atom is 0 e. The summed E-state index contributed by atoms with van der Waals surface area (Å²) >= 11 is 0. The average molecular weight is 218 g/mol. The zero-order valence-corrected chi connectivity index (χ0v) is 8.34. The fourth-order valence-corrected chi connectivity index (χ4v) is 0. The van der Waals surface area contributed by atoms with Gasteiger partial charge in [0.1, 0.15) is 0 Å². The predicted molar refractivity (Wildman–Crippen MR) is 11.5 cm³/mol. The third kappa shape index (κ3) is 8.83. The molecule has 0 atom stereocenters. The predicted octanol–water partition coefficient (Wildman–Crippen LogP) is -0.767. The molecule has 0 nitrogen and oxygen atoms in total. The van der Waals surface area contributed by atoms with Gasteiger partial charge in [-0.05, 0) is 0 Å². The maximum absolute atomic E-state index is 0. The Balaban J connectivity index is 0. The van der Waals surface area contributed by atoms with E-state index in [4.69, 9.17) is 0 Å². The molecule has 0 saturated heterocycles. The molecule has 0 aliphatic heterocycles. The molecule has 13 valence electrons. The van der Waals surface area contributed by atoms with Crippen LogP contribution in [0.5, 0.6) is 0 Å². The van der Waals surface area contributed by atoms with Gasteiger partial charge in [-0.3, -0.25) is 0 Å². The molecule has 0 aromatic carbocycles. The van der Waals surface area contributed by atoms with Crippen molar-refractivity contribution in [3.05, 3.63) is 0 Å². The minimum absolute atomic E-state index is 0. The largest absolute Gasteiger partial charge is 0 e. The van der Waals surface area contributed by atoms with E-state index in [2.05, 4.69) is 0 Å². The fourth-order valence-electron chi connectivity index (χ4n) is 0. The van der Waals surface area contributed by atoms with Crippen LogP contribution in [0.1, 0.15) is 0 Å². The molecule has 0 aliphatic carbocycles. The Morgan fingerprint density at radius 2 is 1.00 bits per heavy atom. The number of hydrogen-bond donors (Lipinski definition) is 0. The third-order valence-corrected chi connectivity index (χ3v) is 0. The first-order valence-corrected chi connectivity index (χ1v) is 0. The van der Waals surface area contributed by atoms with E-state index in [1.165, 1.54) is 0 Å². The molecule has 5 radical (unpaired) electrons. The minimum Gasteiger partial charge on any atom is 0 e. The molecule has 0 heterocycles. The molecular weight excluding hydrogens is 218 g/mol. The molecule has 0 spiro atoms. The van der Waals surface area contributed by atoms with Gasteiger partial charge < -0.3 is 0 Å². The van der Waals surface area contributed by atoms with Crippen molar-refractivity contribution in [2.24, 2.45) is 0 Å². The summed E-state index contributed by atoms with van der Waals surface area (Å²) < 4.78 is 0. The van der Waals surface area contributed by atoms with E-state index in [9.17, 15) is 0 Å². The maximum atomic E-state index is 0. The zero-order chi connectivity index (χ0) is 0. The second-order valence-corrected chi connectivity index (χ2v) is 0. The molecule has 0 amide bonds. The first-order valence-electron chi connectivity index (χ1n) is 0. The smallest absolute Gasteiger partial charge is 0 e. The van der Waals surface area contributed by atoms with Gasteiger partial charge in [0, 0.05) is 84.8 Å². The normalized spacial score (nSPS) is 0. The molecule has 0 aliphatic rings. The van der Waals surface area contributed by atoms with Crippen LogP contribution in [-0.4, -0.2) is 36.2 Å². The molecule has 4 heavy (non-hydrogen) atoms. The van der Waals surface area contributed by atoms with Gasteiger partial charge in [0.25, 0.3) is 0 Å². The molecule has 0 aromatic rings. The SMILES string of the molecule is [Al].[Li].[Nb].[Zr]. The summed E-state index contributed by atoms with van der Waals surface area (Å²) in [5.74, 6) is 0. The van der Waals surface area contributed by atoms with Gasteiger partial charge in [-0.15, -0.1) is 0 Å². The topological polar surface area (TPSA) is 0 Å². The third-order valence-electron chi connectivity index (χ3n) is 0. The van der Waals surface area contributed by atoms with Crippen molar-refractivity contribution < 1.29 is 48.6 Å². The van der Waals surface area contributed by atoms with Gasteiger partial charge in [-0.1, -0.05) is 0 Å². The van der Waals surface area contributed by atoms with Crippen molar-refractivity contribution in [2.75, 3.05) is 0 Å². The minimum atomic E-state index is 0. The van der Waals surface area contributed by atoms with Crippen LogP contribution in [0.15, 0.2) is 0 Å².